The first-order valence-corrected chi connectivity index (χ1v) is 5.58. The van der Waals surface area contributed by atoms with Crippen LogP contribution in [0.2, 0.25) is 0 Å². The molecule has 2 aliphatic rings. The first-order valence-electron chi connectivity index (χ1n) is 5.58. The normalized spacial score (nSPS) is 31.1. The predicted octanol–water partition coefficient (Wildman–Crippen LogP) is 0.394. The Balaban J connectivity index is 2.08. The molecule has 2 N–H and O–H groups in total. The van der Waals surface area contributed by atoms with Gasteiger partial charge in [-0.1, -0.05) is 0 Å². The van der Waals surface area contributed by atoms with Gasteiger partial charge in [0.05, 0.1) is 5.41 Å². The maximum absolute atomic E-state index is 11.4. The van der Waals surface area contributed by atoms with E-state index in [-0.39, 0.29) is 17.9 Å². The largest absolute Gasteiger partial charge is 0.481 e. The molecule has 5 nitrogen and oxygen atoms in total. The van der Waals surface area contributed by atoms with Gasteiger partial charge in [0.1, 0.15) is 0 Å². The Morgan fingerprint density at radius 3 is 2.50 bits per heavy atom. The molecule has 0 bridgehead atoms. The second-order valence-corrected chi connectivity index (χ2v) is 4.87. The Kier molecular flexibility index (Phi) is 2.66. The molecule has 90 valence electrons. The number of carboxylic acid groups (broad SMARTS) is 1. The lowest BCUT2D eigenvalue weighted by molar-refractivity contribution is -0.145. The number of hydrogen-bond donors (Lipinski definition) is 2. The van der Waals surface area contributed by atoms with E-state index in [1.807, 2.05) is 0 Å². The summed E-state index contributed by atoms with van der Waals surface area (Å²) < 4.78 is 5.26. The third kappa shape index (κ3) is 1.59. The highest BCUT2D eigenvalue weighted by Gasteiger charge is 2.71. The number of aliphatic carboxylic acids is 1. The third-order valence-corrected chi connectivity index (χ3v) is 4.03. The highest BCUT2D eigenvalue weighted by atomic mass is 16.5. The van der Waals surface area contributed by atoms with E-state index in [1.165, 1.54) is 6.92 Å². The molecule has 1 amide bonds. The quantitative estimate of drug-likeness (QED) is 0.731. The average molecular weight is 227 g/mol. The molecule has 16 heavy (non-hydrogen) atoms. The average Bonchev–Trinajstić information content (AvgIpc) is 2.85. The van der Waals surface area contributed by atoms with Gasteiger partial charge in [0.2, 0.25) is 5.91 Å². The highest BCUT2D eigenvalue weighted by molar-refractivity contribution is 5.82. The fraction of sp³-hybridized carbons (Fsp3) is 0.818. The molecule has 1 atom stereocenters. The summed E-state index contributed by atoms with van der Waals surface area (Å²) >= 11 is 0. The standard InChI is InChI=1S/C11H17NO4/c1-8(13)12-7-11(9(14)15)6-10(11)2-4-16-5-3-10/h2-7H2,1H3,(H,12,13)(H,14,15). The molecule has 1 saturated heterocycles. The van der Waals surface area contributed by atoms with Gasteiger partial charge in [0.15, 0.2) is 0 Å². The molecule has 5 heteroatoms. The number of nitrogens with one attached hydrogen (secondary N) is 1. The number of carboxylic acids is 1. The molecule has 0 aromatic rings. The molecular formula is C11H17NO4. The number of ether oxygens (including phenoxy) is 1. The lowest BCUT2D eigenvalue weighted by atomic mass is 9.86. The van der Waals surface area contributed by atoms with E-state index >= 15 is 0 Å². The van der Waals surface area contributed by atoms with Crippen molar-refractivity contribution in [3.05, 3.63) is 0 Å². The Bertz CT molecular complexity index is 322. The summed E-state index contributed by atoms with van der Waals surface area (Å²) in [5, 5.41) is 12.0. The molecule has 1 unspecified atom stereocenters. The zero-order valence-corrected chi connectivity index (χ0v) is 9.41. The number of rotatable bonds is 3. The summed E-state index contributed by atoms with van der Waals surface area (Å²) in [6, 6.07) is 0. The van der Waals surface area contributed by atoms with Crippen LogP contribution in [-0.4, -0.2) is 36.7 Å². The first kappa shape index (κ1) is 11.4. The topological polar surface area (TPSA) is 75.6 Å². The Morgan fingerprint density at radius 2 is 2.00 bits per heavy atom. The SMILES string of the molecule is CC(=O)NCC1(C(=O)O)CC12CCOCC2. The summed E-state index contributed by atoms with van der Waals surface area (Å²) in [4.78, 5) is 22.3. The van der Waals surface area contributed by atoms with E-state index in [9.17, 15) is 14.7 Å². The van der Waals surface area contributed by atoms with Gasteiger partial charge in [-0.15, -0.1) is 0 Å². The number of amides is 1. The minimum absolute atomic E-state index is 0.139. The fourth-order valence-electron chi connectivity index (χ4n) is 2.85. The van der Waals surface area contributed by atoms with Crippen LogP contribution in [0.15, 0.2) is 0 Å². The minimum atomic E-state index is -0.789. The van der Waals surface area contributed by atoms with Crippen LogP contribution in [0.3, 0.4) is 0 Å². The maximum atomic E-state index is 11.4. The summed E-state index contributed by atoms with van der Waals surface area (Å²) in [7, 11) is 0. The van der Waals surface area contributed by atoms with Crippen LogP contribution in [0.4, 0.5) is 0 Å². The van der Waals surface area contributed by atoms with E-state index in [0.29, 0.717) is 19.6 Å². The van der Waals surface area contributed by atoms with E-state index in [0.717, 1.165) is 12.8 Å². The van der Waals surface area contributed by atoms with Crippen LogP contribution in [0.1, 0.15) is 26.2 Å². The fourth-order valence-corrected chi connectivity index (χ4v) is 2.85. The van der Waals surface area contributed by atoms with E-state index < -0.39 is 11.4 Å². The van der Waals surface area contributed by atoms with Crippen LogP contribution >= 0.6 is 0 Å². The molecular weight excluding hydrogens is 210 g/mol. The Morgan fingerprint density at radius 1 is 1.38 bits per heavy atom. The molecule has 1 heterocycles. The van der Waals surface area contributed by atoms with Crippen molar-refractivity contribution in [3.8, 4) is 0 Å². The Labute approximate surface area is 94.2 Å². The molecule has 1 aliphatic carbocycles. The second-order valence-electron chi connectivity index (χ2n) is 4.87. The second kappa shape index (κ2) is 3.73. The van der Waals surface area contributed by atoms with Gasteiger partial charge >= 0.3 is 5.97 Å². The molecule has 1 saturated carbocycles. The van der Waals surface area contributed by atoms with Crippen molar-refractivity contribution in [2.45, 2.75) is 26.2 Å². The third-order valence-electron chi connectivity index (χ3n) is 4.03. The maximum Gasteiger partial charge on any atom is 0.312 e. The van der Waals surface area contributed by atoms with Crippen LogP contribution in [0, 0.1) is 10.8 Å². The smallest absolute Gasteiger partial charge is 0.312 e. The summed E-state index contributed by atoms with van der Waals surface area (Å²) in [6.07, 6.45) is 2.25. The van der Waals surface area contributed by atoms with Crippen LogP contribution < -0.4 is 5.32 Å². The molecule has 2 rings (SSSR count). The molecule has 1 aliphatic heterocycles. The number of carbonyl (C=O) groups excluding carboxylic acids is 1. The van der Waals surface area contributed by atoms with Crippen molar-refractivity contribution < 1.29 is 19.4 Å². The van der Waals surface area contributed by atoms with Gasteiger partial charge in [-0.2, -0.15) is 0 Å². The van der Waals surface area contributed by atoms with Gasteiger partial charge < -0.3 is 15.2 Å². The highest BCUT2D eigenvalue weighted by Crippen LogP contribution is 2.68. The van der Waals surface area contributed by atoms with Gasteiger partial charge in [-0.05, 0) is 24.7 Å². The van der Waals surface area contributed by atoms with Crippen molar-refractivity contribution in [2.24, 2.45) is 10.8 Å². The van der Waals surface area contributed by atoms with Crippen molar-refractivity contribution >= 4 is 11.9 Å². The summed E-state index contributed by atoms with van der Waals surface area (Å²) in [5.74, 6) is -0.960. The molecule has 0 radical (unpaired) electrons. The molecule has 0 aromatic heterocycles. The van der Waals surface area contributed by atoms with Crippen molar-refractivity contribution in [2.75, 3.05) is 19.8 Å². The van der Waals surface area contributed by atoms with Crippen LogP contribution in [0.25, 0.3) is 0 Å². The zero-order valence-electron chi connectivity index (χ0n) is 9.41. The molecule has 0 aromatic carbocycles. The van der Waals surface area contributed by atoms with E-state index in [4.69, 9.17) is 4.74 Å². The van der Waals surface area contributed by atoms with E-state index in [1.54, 1.807) is 0 Å². The monoisotopic (exact) mass is 227 g/mol. The summed E-state index contributed by atoms with van der Waals surface area (Å²) in [5.41, 5.74) is -0.887. The minimum Gasteiger partial charge on any atom is -0.481 e. The van der Waals surface area contributed by atoms with Gasteiger partial charge in [0, 0.05) is 26.7 Å². The Hall–Kier alpha value is -1.10. The van der Waals surface area contributed by atoms with Gasteiger partial charge in [-0.25, -0.2) is 0 Å². The number of hydrogen-bond acceptors (Lipinski definition) is 3. The van der Waals surface area contributed by atoms with Crippen molar-refractivity contribution in [1.82, 2.24) is 5.32 Å². The van der Waals surface area contributed by atoms with Crippen LogP contribution in [-0.2, 0) is 14.3 Å². The van der Waals surface area contributed by atoms with E-state index in [2.05, 4.69) is 5.32 Å². The van der Waals surface area contributed by atoms with Crippen molar-refractivity contribution in [3.63, 3.8) is 0 Å². The molecule has 1 spiro atoms. The lowest BCUT2D eigenvalue weighted by Gasteiger charge is -2.27. The van der Waals surface area contributed by atoms with Gasteiger partial charge in [0.25, 0.3) is 0 Å². The predicted molar refractivity (Wildman–Crippen MR) is 55.9 cm³/mol. The summed E-state index contributed by atoms with van der Waals surface area (Å²) in [6.45, 7) is 2.93. The van der Waals surface area contributed by atoms with Crippen molar-refractivity contribution in [1.29, 1.82) is 0 Å². The first-order chi connectivity index (χ1) is 7.52. The van der Waals surface area contributed by atoms with Gasteiger partial charge in [-0.3, -0.25) is 9.59 Å². The van der Waals surface area contributed by atoms with Crippen LogP contribution in [0.5, 0.6) is 0 Å². The number of carbonyl (C=O) groups is 2. The zero-order chi connectivity index (χ0) is 11.8. The lowest BCUT2D eigenvalue weighted by Crippen LogP contribution is -2.38. The molecule has 2 fully saturated rings.